The summed E-state index contributed by atoms with van der Waals surface area (Å²) >= 11 is 0. The molecular formula is C17H27F3N4O3S. The van der Waals surface area contributed by atoms with Crippen LogP contribution in [0, 0.1) is 19.8 Å². The quantitative estimate of drug-likeness (QED) is 0.541. The summed E-state index contributed by atoms with van der Waals surface area (Å²) in [4.78, 5) is 4.51. The summed E-state index contributed by atoms with van der Waals surface area (Å²) in [5, 5.41) is 6.31. The second-order valence-corrected chi connectivity index (χ2v) is 8.74. The number of halogens is 3. The van der Waals surface area contributed by atoms with Gasteiger partial charge in [-0.2, -0.15) is 17.5 Å². The molecule has 0 radical (unpaired) electrons. The molecule has 2 heterocycles. The molecule has 0 aromatic carbocycles. The molecule has 1 aromatic rings. The minimum Gasteiger partial charge on any atom is -0.466 e. The van der Waals surface area contributed by atoms with Crippen LogP contribution in [0.25, 0.3) is 0 Å². The van der Waals surface area contributed by atoms with Crippen LogP contribution >= 0.6 is 0 Å². The van der Waals surface area contributed by atoms with E-state index < -0.39 is 15.5 Å². The first-order chi connectivity index (χ1) is 13.0. The van der Waals surface area contributed by atoms with Gasteiger partial charge in [0.2, 0.25) is 0 Å². The van der Waals surface area contributed by atoms with Crippen molar-refractivity contribution in [3.63, 3.8) is 0 Å². The Kier molecular flexibility index (Phi) is 7.38. The molecule has 0 aliphatic carbocycles. The molecule has 7 nitrogen and oxygen atoms in total. The third-order valence-electron chi connectivity index (χ3n) is 4.66. The van der Waals surface area contributed by atoms with Gasteiger partial charge < -0.3 is 15.1 Å². The van der Waals surface area contributed by atoms with Crippen molar-refractivity contribution in [3.05, 3.63) is 23.2 Å². The number of alkyl halides is 3. The number of sulfonamides is 1. The number of nitrogens with one attached hydrogen (secondary N) is 2. The highest BCUT2D eigenvalue weighted by molar-refractivity contribution is 7.90. The fraction of sp³-hybridized carbons (Fsp3) is 0.706. The van der Waals surface area contributed by atoms with Gasteiger partial charge >= 0.3 is 15.5 Å². The monoisotopic (exact) mass is 424 g/mol. The Balaban J connectivity index is 1.88. The lowest BCUT2D eigenvalue weighted by atomic mass is 9.98. The largest absolute Gasteiger partial charge is 0.511 e. The summed E-state index contributed by atoms with van der Waals surface area (Å²) in [5.74, 6) is 2.31. The number of hydrogen-bond donors (Lipinski definition) is 2. The van der Waals surface area contributed by atoms with Gasteiger partial charge in [0.25, 0.3) is 0 Å². The highest BCUT2D eigenvalue weighted by atomic mass is 32.2. The van der Waals surface area contributed by atoms with Gasteiger partial charge in [0, 0.05) is 31.7 Å². The molecule has 0 saturated carbocycles. The Morgan fingerprint density at radius 3 is 2.43 bits per heavy atom. The second kappa shape index (κ2) is 9.17. The fourth-order valence-electron chi connectivity index (χ4n) is 3.09. The maximum Gasteiger partial charge on any atom is 0.511 e. The zero-order valence-electron chi connectivity index (χ0n) is 16.3. The molecule has 1 fully saturated rings. The lowest BCUT2D eigenvalue weighted by Gasteiger charge is -2.31. The fourth-order valence-corrected chi connectivity index (χ4v) is 4.07. The number of nitrogens with zero attached hydrogens (tertiary/aromatic N) is 2. The first-order valence-electron chi connectivity index (χ1n) is 9.19. The average molecular weight is 424 g/mol. The number of furan rings is 1. The number of aliphatic imine (C=N–C) groups is 1. The van der Waals surface area contributed by atoms with Gasteiger partial charge in [-0.1, -0.05) is 0 Å². The molecule has 0 bridgehead atoms. The van der Waals surface area contributed by atoms with Crippen LogP contribution in [0.1, 0.15) is 36.8 Å². The molecule has 0 unspecified atom stereocenters. The topological polar surface area (TPSA) is 86.9 Å². The van der Waals surface area contributed by atoms with Crippen LogP contribution in [0.2, 0.25) is 0 Å². The smallest absolute Gasteiger partial charge is 0.466 e. The van der Waals surface area contributed by atoms with E-state index >= 15 is 0 Å². The normalized spacial score (nSPS) is 17.7. The van der Waals surface area contributed by atoms with Crippen LogP contribution < -0.4 is 10.6 Å². The average Bonchev–Trinajstić information content (AvgIpc) is 2.94. The van der Waals surface area contributed by atoms with E-state index in [1.54, 1.807) is 0 Å². The molecular weight excluding hydrogens is 397 g/mol. The molecule has 1 saturated heterocycles. The van der Waals surface area contributed by atoms with E-state index in [0.717, 1.165) is 17.1 Å². The third-order valence-corrected chi connectivity index (χ3v) is 6.29. The Morgan fingerprint density at radius 1 is 1.29 bits per heavy atom. The van der Waals surface area contributed by atoms with E-state index in [1.165, 1.54) is 0 Å². The molecule has 0 amide bonds. The van der Waals surface area contributed by atoms with E-state index in [-0.39, 0.29) is 19.0 Å². The SMILES string of the molecule is CCNC(=NCc1cc(C)oc1C)NCC1CCN(S(=O)(=O)C(F)(F)F)CC1. The lowest BCUT2D eigenvalue weighted by molar-refractivity contribution is -0.0496. The van der Waals surface area contributed by atoms with Crippen molar-refractivity contribution in [3.8, 4) is 0 Å². The highest BCUT2D eigenvalue weighted by Gasteiger charge is 2.50. The van der Waals surface area contributed by atoms with E-state index in [2.05, 4.69) is 15.6 Å². The van der Waals surface area contributed by atoms with Crippen molar-refractivity contribution in [1.82, 2.24) is 14.9 Å². The summed E-state index contributed by atoms with van der Waals surface area (Å²) in [6.07, 6.45) is 0.726. The van der Waals surface area contributed by atoms with Crippen LogP contribution in [0.4, 0.5) is 13.2 Å². The molecule has 160 valence electrons. The van der Waals surface area contributed by atoms with Crippen molar-refractivity contribution in [1.29, 1.82) is 0 Å². The van der Waals surface area contributed by atoms with Crippen molar-refractivity contribution in [2.45, 2.75) is 45.7 Å². The minimum absolute atomic E-state index is 0.0708. The van der Waals surface area contributed by atoms with Gasteiger partial charge in [0.15, 0.2) is 5.96 Å². The molecule has 28 heavy (non-hydrogen) atoms. The number of rotatable bonds is 6. The van der Waals surface area contributed by atoms with Crippen LogP contribution in [0.3, 0.4) is 0 Å². The van der Waals surface area contributed by atoms with Crippen LogP contribution in [-0.2, 0) is 16.6 Å². The predicted octanol–water partition coefficient (Wildman–Crippen LogP) is 2.51. The van der Waals surface area contributed by atoms with E-state index in [4.69, 9.17) is 4.42 Å². The second-order valence-electron chi connectivity index (χ2n) is 6.81. The Morgan fingerprint density at radius 2 is 1.93 bits per heavy atom. The summed E-state index contributed by atoms with van der Waals surface area (Å²) in [6.45, 7) is 7.04. The van der Waals surface area contributed by atoms with Crippen LogP contribution in [0.15, 0.2) is 15.5 Å². The maximum absolute atomic E-state index is 12.6. The standard InChI is InChI=1S/C17H27F3N4O3S/c1-4-21-16(23-11-15-9-12(2)27-13(15)3)22-10-14-5-7-24(8-6-14)28(25,26)17(18,19)20/h9,14H,4-8,10-11H2,1-3H3,(H2,21,22,23). The van der Waals surface area contributed by atoms with Crippen molar-refractivity contribution >= 4 is 16.0 Å². The molecule has 11 heteroatoms. The molecule has 2 N–H and O–H groups in total. The van der Waals surface area contributed by atoms with E-state index in [0.29, 0.717) is 42.7 Å². The minimum atomic E-state index is -5.24. The molecule has 2 rings (SSSR count). The Bertz CT molecular complexity index is 782. The zero-order valence-corrected chi connectivity index (χ0v) is 17.1. The summed E-state index contributed by atoms with van der Waals surface area (Å²) in [7, 11) is -5.24. The van der Waals surface area contributed by atoms with Crippen molar-refractivity contribution in [2.75, 3.05) is 26.2 Å². The van der Waals surface area contributed by atoms with Gasteiger partial charge in [-0.3, -0.25) is 0 Å². The Hall–Kier alpha value is -1.75. The molecule has 1 aliphatic heterocycles. The maximum atomic E-state index is 12.6. The molecule has 0 spiro atoms. The van der Waals surface area contributed by atoms with Crippen molar-refractivity contribution < 1.29 is 26.0 Å². The first kappa shape index (κ1) is 22.5. The molecule has 1 aromatic heterocycles. The van der Waals surface area contributed by atoms with Gasteiger partial charge in [-0.15, -0.1) is 0 Å². The summed E-state index contributed by atoms with van der Waals surface area (Å²) < 4.78 is 66.8. The number of guanidine groups is 1. The zero-order chi connectivity index (χ0) is 20.9. The van der Waals surface area contributed by atoms with E-state index in [1.807, 2.05) is 26.8 Å². The summed E-state index contributed by atoms with van der Waals surface area (Å²) in [5.41, 5.74) is -4.26. The predicted molar refractivity (Wildman–Crippen MR) is 100 cm³/mol. The third kappa shape index (κ3) is 5.63. The van der Waals surface area contributed by atoms with Gasteiger partial charge in [0.1, 0.15) is 11.5 Å². The molecule has 0 atom stereocenters. The summed E-state index contributed by atoms with van der Waals surface area (Å²) in [6, 6.07) is 1.93. The number of piperidine rings is 1. The van der Waals surface area contributed by atoms with Crippen molar-refractivity contribution in [2.24, 2.45) is 10.9 Å². The van der Waals surface area contributed by atoms with Gasteiger partial charge in [0.05, 0.1) is 6.54 Å². The van der Waals surface area contributed by atoms with Crippen LogP contribution in [-0.4, -0.2) is 50.4 Å². The Labute approximate surface area is 163 Å². The number of aryl methyl sites for hydroxylation is 2. The number of hydrogen-bond acceptors (Lipinski definition) is 4. The molecule has 1 aliphatic rings. The van der Waals surface area contributed by atoms with Gasteiger partial charge in [-0.05, 0) is 45.6 Å². The van der Waals surface area contributed by atoms with Crippen LogP contribution in [0.5, 0.6) is 0 Å². The first-order valence-corrected chi connectivity index (χ1v) is 10.6. The highest BCUT2D eigenvalue weighted by Crippen LogP contribution is 2.30. The van der Waals surface area contributed by atoms with E-state index in [9.17, 15) is 21.6 Å². The lowest BCUT2D eigenvalue weighted by Crippen LogP contribution is -2.47. The van der Waals surface area contributed by atoms with Gasteiger partial charge in [-0.25, -0.2) is 13.4 Å².